The smallest absolute Gasteiger partial charge is 0.213 e. The Labute approximate surface area is 87.0 Å². The third-order valence-corrected chi connectivity index (χ3v) is 4.00. The first-order valence-electron chi connectivity index (χ1n) is 5.17. The van der Waals surface area contributed by atoms with Crippen LogP contribution in [0.2, 0.25) is 0 Å². The zero-order chi connectivity index (χ0) is 11.0. The van der Waals surface area contributed by atoms with Gasteiger partial charge < -0.3 is 5.11 Å². The third-order valence-electron chi connectivity index (χ3n) is 2.12. The molecule has 0 heterocycles. The normalized spacial score (nSPS) is 12.3. The number of rotatable bonds is 8. The van der Waals surface area contributed by atoms with Gasteiger partial charge in [0.05, 0.1) is 12.4 Å². The Bertz CT molecular complexity index is 226. The number of nitrogens with zero attached hydrogens (tertiary/aromatic N) is 1. The van der Waals surface area contributed by atoms with Crippen LogP contribution in [0.3, 0.4) is 0 Å². The summed E-state index contributed by atoms with van der Waals surface area (Å²) < 4.78 is 24.4. The average molecular weight is 223 g/mol. The summed E-state index contributed by atoms with van der Waals surface area (Å²) in [6, 6.07) is 0. The van der Waals surface area contributed by atoms with Crippen molar-refractivity contribution in [3.8, 4) is 0 Å². The van der Waals surface area contributed by atoms with Crippen LogP contribution in [0.4, 0.5) is 0 Å². The average Bonchev–Trinajstić information content (AvgIpc) is 2.17. The Morgan fingerprint density at radius 2 is 1.79 bits per heavy atom. The van der Waals surface area contributed by atoms with E-state index in [1.165, 1.54) is 4.31 Å². The Kier molecular flexibility index (Phi) is 7.13. The van der Waals surface area contributed by atoms with Gasteiger partial charge in [0.2, 0.25) is 10.0 Å². The highest BCUT2D eigenvalue weighted by molar-refractivity contribution is 7.89. The maximum absolute atomic E-state index is 11.5. The maximum atomic E-state index is 11.5. The second-order valence-corrected chi connectivity index (χ2v) is 5.49. The van der Waals surface area contributed by atoms with Crippen molar-refractivity contribution >= 4 is 10.0 Å². The molecule has 0 aromatic carbocycles. The van der Waals surface area contributed by atoms with Gasteiger partial charge in [0.25, 0.3) is 0 Å². The molecule has 0 atom stereocenters. The molecule has 0 spiro atoms. The van der Waals surface area contributed by atoms with E-state index in [0.29, 0.717) is 6.54 Å². The van der Waals surface area contributed by atoms with Crippen molar-refractivity contribution in [2.75, 3.05) is 25.4 Å². The van der Waals surface area contributed by atoms with Gasteiger partial charge >= 0.3 is 0 Å². The molecular formula is C9H21NO3S. The highest BCUT2D eigenvalue weighted by Gasteiger charge is 2.18. The summed E-state index contributed by atoms with van der Waals surface area (Å²) >= 11 is 0. The van der Waals surface area contributed by atoms with Gasteiger partial charge in [0, 0.05) is 13.1 Å². The van der Waals surface area contributed by atoms with Crippen LogP contribution in [0.25, 0.3) is 0 Å². The molecule has 5 heteroatoms. The minimum Gasteiger partial charge on any atom is -0.395 e. The summed E-state index contributed by atoms with van der Waals surface area (Å²) in [7, 11) is -3.13. The molecule has 14 heavy (non-hydrogen) atoms. The van der Waals surface area contributed by atoms with Crippen LogP contribution in [0.1, 0.15) is 33.1 Å². The van der Waals surface area contributed by atoms with Crippen molar-refractivity contribution in [2.45, 2.75) is 33.1 Å². The monoisotopic (exact) mass is 223 g/mol. The largest absolute Gasteiger partial charge is 0.395 e. The van der Waals surface area contributed by atoms with Gasteiger partial charge in [-0.2, -0.15) is 4.31 Å². The van der Waals surface area contributed by atoms with E-state index in [4.69, 9.17) is 5.11 Å². The minimum atomic E-state index is -3.13. The molecule has 0 aromatic heterocycles. The predicted octanol–water partition coefficient (Wildman–Crippen LogP) is 0.821. The van der Waals surface area contributed by atoms with E-state index >= 15 is 0 Å². The maximum Gasteiger partial charge on any atom is 0.213 e. The molecule has 86 valence electrons. The number of hydrogen-bond acceptors (Lipinski definition) is 3. The zero-order valence-electron chi connectivity index (χ0n) is 9.07. The molecule has 4 nitrogen and oxygen atoms in total. The molecular weight excluding hydrogens is 202 g/mol. The summed E-state index contributed by atoms with van der Waals surface area (Å²) in [6.07, 6.45) is 2.97. The molecule has 0 aromatic rings. The molecule has 0 aliphatic heterocycles. The first-order valence-corrected chi connectivity index (χ1v) is 6.78. The molecule has 0 rings (SSSR count). The lowest BCUT2D eigenvalue weighted by Crippen LogP contribution is -2.35. The summed E-state index contributed by atoms with van der Waals surface area (Å²) in [5.41, 5.74) is 0. The number of sulfonamides is 1. The Morgan fingerprint density at radius 1 is 1.14 bits per heavy atom. The molecule has 0 unspecified atom stereocenters. The lowest BCUT2D eigenvalue weighted by atomic mass is 10.2. The highest BCUT2D eigenvalue weighted by atomic mass is 32.2. The number of aliphatic hydroxyl groups excluding tert-OH is 1. The van der Waals surface area contributed by atoms with Crippen molar-refractivity contribution in [1.29, 1.82) is 0 Å². The van der Waals surface area contributed by atoms with Crippen LogP contribution >= 0.6 is 0 Å². The van der Waals surface area contributed by atoms with Crippen molar-refractivity contribution in [1.82, 2.24) is 4.31 Å². The van der Waals surface area contributed by atoms with Gasteiger partial charge in [-0.3, -0.25) is 0 Å². The molecule has 0 aliphatic carbocycles. The van der Waals surface area contributed by atoms with Gasteiger partial charge in [-0.15, -0.1) is 0 Å². The summed E-state index contributed by atoms with van der Waals surface area (Å²) in [6.45, 7) is 4.35. The number of aliphatic hydroxyl groups is 1. The quantitative estimate of drug-likeness (QED) is 0.620. The Morgan fingerprint density at radius 3 is 2.21 bits per heavy atom. The van der Waals surface area contributed by atoms with Gasteiger partial charge in [-0.1, -0.05) is 19.8 Å². The van der Waals surface area contributed by atoms with E-state index in [1.54, 1.807) is 6.92 Å². The predicted molar refractivity (Wildman–Crippen MR) is 57.6 cm³/mol. The van der Waals surface area contributed by atoms with E-state index in [1.807, 2.05) is 0 Å². The van der Waals surface area contributed by atoms with E-state index in [9.17, 15) is 8.42 Å². The molecule has 0 aliphatic rings. The summed E-state index contributed by atoms with van der Waals surface area (Å²) in [5.74, 6) is 0.110. The van der Waals surface area contributed by atoms with E-state index in [0.717, 1.165) is 19.3 Å². The van der Waals surface area contributed by atoms with Crippen LogP contribution in [-0.4, -0.2) is 43.3 Å². The van der Waals surface area contributed by atoms with E-state index in [2.05, 4.69) is 6.92 Å². The zero-order valence-corrected chi connectivity index (χ0v) is 9.89. The standard InChI is InChI=1S/C9H21NO3S/c1-3-5-6-7-10(8-9-11)14(12,13)4-2/h11H,3-9H2,1-2H3. The van der Waals surface area contributed by atoms with Crippen LogP contribution in [0.15, 0.2) is 0 Å². The first-order chi connectivity index (χ1) is 6.58. The van der Waals surface area contributed by atoms with Gasteiger partial charge in [0.1, 0.15) is 0 Å². The molecule has 0 fully saturated rings. The highest BCUT2D eigenvalue weighted by Crippen LogP contribution is 2.04. The van der Waals surface area contributed by atoms with Crippen molar-refractivity contribution < 1.29 is 13.5 Å². The van der Waals surface area contributed by atoms with Crippen LogP contribution in [-0.2, 0) is 10.0 Å². The number of unbranched alkanes of at least 4 members (excludes halogenated alkanes) is 2. The summed E-state index contributed by atoms with van der Waals surface area (Å²) in [4.78, 5) is 0. The fourth-order valence-corrected chi connectivity index (χ4v) is 2.35. The van der Waals surface area contributed by atoms with Crippen molar-refractivity contribution in [3.63, 3.8) is 0 Å². The van der Waals surface area contributed by atoms with Crippen molar-refractivity contribution in [3.05, 3.63) is 0 Å². The SMILES string of the molecule is CCCCCN(CCO)S(=O)(=O)CC. The molecule has 0 saturated carbocycles. The van der Waals surface area contributed by atoms with Crippen LogP contribution in [0.5, 0.6) is 0 Å². The topological polar surface area (TPSA) is 57.6 Å². The van der Waals surface area contributed by atoms with Crippen molar-refractivity contribution in [2.24, 2.45) is 0 Å². The Balaban J connectivity index is 4.15. The van der Waals surface area contributed by atoms with Crippen LogP contribution < -0.4 is 0 Å². The summed E-state index contributed by atoms with van der Waals surface area (Å²) in [5, 5.41) is 8.75. The van der Waals surface area contributed by atoms with E-state index < -0.39 is 10.0 Å². The number of hydrogen-bond donors (Lipinski definition) is 1. The molecule has 0 amide bonds. The first kappa shape index (κ1) is 13.9. The lowest BCUT2D eigenvalue weighted by Gasteiger charge is -2.19. The van der Waals surface area contributed by atoms with Gasteiger partial charge in [-0.05, 0) is 13.3 Å². The molecule has 1 N–H and O–H groups in total. The Hall–Kier alpha value is -0.130. The fraction of sp³-hybridized carbons (Fsp3) is 1.00. The van der Waals surface area contributed by atoms with Gasteiger partial charge in [0.15, 0.2) is 0 Å². The lowest BCUT2D eigenvalue weighted by molar-refractivity contribution is 0.252. The molecule has 0 bridgehead atoms. The molecule has 0 radical (unpaired) electrons. The third kappa shape index (κ3) is 4.93. The minimum absolute atomic E-state index is 0.106. The van der Waals surface area contributed by atoms with Gasteiger partial charge in [-0.25, -0.2) is 8.42 Å². The second-order valence-electron chi connectivity index (χ2n) is 3.23. The van der Waals surface area contributed by atoms with E-state index in [-0.39, 0.29) is 18.9 Å². The van der Waals surface area contributed by atoms with Crippen LogP contribution in [0, 0.1) is 0 Å². The fourth-order valence-electron chi connectivity index (χ4n) is 1.22. The second kappa shape index (κ2) is 7.20. The molecule has 0 saturated heterocycles.